The van der Waals surface area contributed by atoms with Crippen molar-refractivity contribution in [1.82, 2.24) is 47.2 Å². The van der Waals surface area contributed by atoms with Gasteiger partial charge in [0.2, 0.25) is 11.8 Å². The fourth-order valence-electron chi connectivity index (χ4n) is 7.60. The summed E-state index contributed by atoms with van der Waals surface area (Å²) in [5, 5.41) is 24.1. The van der Waals surface area contributed by atoms with E-state index in [-0.39, 0.29) is 54.6 Å². The Kier molecular flexibility index (Phi) is 19.1. The Bertz CT molecular complexity index is 2220. The first-order chi connectivity index (χ1) is 31.5. The largest absolute Gasteiger partial charge is 0.349 e. The molecule has 0 aromatic heterocycles. The number of urea groups is 1. The number of carbonyl (C=O) groups is 7. The molecular formula is C50H73N9O8. The van der Waals surface area contributed by atoms with Gasteiger partial charge in [0.1, 0.15) is 12.3 Å². The van der Waals surface area contributed by atoms with Crippen LogP contribution in [0.5, 0.6) is 0 Å². The molecule has 17 nitrogen and oxygen atoms in total. The van der Waals surface area contributed by atoms with Crippen molar-refractivity contribution in [2.24, 2.45) is 10.8 Å². The van der Waals surface area contributed by atoms with E-state index < -0.39 is 77.4 Å². The molecule has 7 amide bonds. The molecule has 1 heterocycles. The van der Waals surface area contributed by atoms with Crippen molar-refractivity contribution in [2.75, 3.05) is 33.8 Å². The third-order valence-electron chi connectivity index (χ3n) is 12.4. The number of nitrogens with one attached hydrogen (secondary N) is 7. The molecule has 8 atom stereocenters. The van der Waals surface area contributed by atoms with Gasteiger partial charge in [-0.15, -0.1) is 0 Å². The van der Waals surface area contributed by atoms with Gasteiger partial charge in [-0.2, -0.15) is 5.06 Å². The van der Waals surface area contributed by atoms with Crippen LogP contribution in [-0.4, -0.2) is 128 Å². The minimum Gasteiger partial charge on any atom is -0.349 e. The summed E-state index contributed by atoms with van der Waals surface area (Å²) in [5.41, 5.74) is 0.0479. The first-order valence-electron chi connectivity index (χ1n) is 23.1. The van der Waals surface area contributed by atoms with E-state index in [1.54, 1.807) is 66.9 Å². The van der Waals surface area contributed by atoms with Crippen LogP contribution in [0.25, 0.3) is 10.8 Å². The minimum atomic E-state index is -1.11. The predicted molar refractivity (Wildman–Crippen MR) is 259 cm³/mol. The van der Waals surface area contributed by atoms with Gasteiger partial charge < -0.3 is 42.0 Å². The highest BCUT2D eigenvalue weighted by Crippen LogP contribution is 2.27. The van der Waals surface area contributed by atoms with Gasteiger partial charge in [-0.3, -0.25) is 33.7 Å². The van der Waals surface area contributed by atoms with Gasteiger partial charge in [0, 0.05) is 29.8 Å². The Balaban J connectivity index is 1.50. The molecule has 67 heavy (non-hydrogen) atoms. The van der Waals surface area contributed by atoms with Crippen LogP contribution in [-0.2, 0) is 24.0 Å². The number of hydrogen-bond donors (Lipinski definition) is 7. The highest BCUT2D eigenvalue weighted by molar-refractivity contribution is 6.01. The lowest BCUT2D eigenvalue weighted by Crippen LogP contribution is -2.61. The maximum atomic E-state index is 14.6. The van der Waals surface area contributed by atoms with Crippen LogP contribution in [0.3, 0.4) is 0 Å². The van der Waals surface area contributed by atoms with Crippen molar-refractivity contribution in [3.05, 3.63) is 83.4 Å². The molecule has 0 aliphatic carbocycles. The summed E-state index contributed by atoms with van der Waals surface area (Å²) in [6.07, 6.45) is 1.37. The lowest BCUT2D eigenvalue weighted by atomic mass is 9.85. The van der Waals surface area contributed by atoms with E-state index in [1.165, 1.54) is 11.1 Å². The molecule has 1 saturated heterocycles. The Morgan fingerprint density at radius 2 is 1.37 bits per heavy atom. The molecule has 0 spiro atoms. The smallest absolute Gasteiger partial charge is 0.324 e. The Hall–Kier alpha value is -5.75. The fraction of sp³-hybridized carbons (Fsp3) is 0.540. The third kappa shape index (κ3) is 14.6. The van der Waals surface area contributed by atoms with Crippen LogP contribution >= 0.6 is 0 Å². The van der Waals surface area contributed by atoms with E-state index >= 15 is 0 Å². The van der Waals surface area contributed by atoms with Crippen LogP contribution in [0.1, 0.15) is 114 Å². The molecular weight excluding hydrogens is 855 g/mol. The molecule has 4 rings (SSSR count). The summed E-state index contributed by atoms with van der Waals surface area (Å²) >= 11 is 0. The van der Waals surface area contributed by atoms with E-state index in [1.807, 2.05) is 77.1 Å². The van der Waals surface area contributed by atoms with E-state index in [9.17, 15) is 33.6 Å². The average molecular weight is 928 g/mol. The number of hydrogen-bond acceptors (Lipinski definition) is 11. The normalized spacial score (nSPS) is 18.1. The standard InChI is InChI=1S/C50H73N9O8/c1-13-36(26-58(47(65)42(50(8,9)10)57-44(62)32(4)52-12)48(66)53-30(2)39-23-17-19-33-18-14-15-22-40(33)39)54-45(63)34-20-16-21-35(24-34)46(64)55-37-25-38(28-60)59(27-37)67-29-41(49(5,6)7)56-43(61)31(3)51-11/h14-24,28,30-32,36-38,41-42,51-52H,13,25-27,29H2,1-12H3,(H,53,66)(H,54,63)(H,55,64)(H,56,61)(H,57,62)/t30?,31-,32-,36-,37-,38?,41+,42?/m0/s1. The molecule has 1 aliphatic rings. The molecule has 17 heteroatoms. The lowest BCUT2D eigenvalue weighted by molar-refractivity contribution is -0.180. The average Bonchev–Trinajstić information content (AvgIpc) is 3.69. The van der Waals surface area contributed by atoms with Crippen molar-refractivity contribution in [3.8, 4) is 0 Å². The Morgan fingerprint density at radius 3 is 1.97 bits per heavy atom. The van der Waals surface area contributed by atoms with Crippen molar-refractivity contribution >= 4 is 52.6 Å². The summed E-state index contributed by atoms with van der Waals surface area (Å²) in [5.74, 6) is -2.24. The van der Waals surface area contributed by atoms with Crippen LogP contribution in [0.15, 0.2) is 66.7 Å². The van der Waals surface area contributed by atoms with Crippen LogP contribution in [0.4, 0.5) is 4.79 Å². The number of aldehydes is 1. The SMILES string of the molecule is CC[C@@H](CN(C(=O)NC(C)c1cccc2ccccc12)C(=O)C(NC(=O)[C@H](C)NC)C(C)(C)C)NC(=O)c1cccc(C(=O)N[C@H]2CC(C=O)N(OC[C@@H](NC(=O)[C@H](C)NC)C(C)(C)C)C2)c1. The Morgan fingerprint density at radius 1 is 0.776 bits per heavy atom. The van der Waals surface area contributed by atoms with Crippen molar-refractivity contribution in [3.63, 3.8) is 0 Å². The quantitative estimate of drug-likeness (QED) is 0.0796. The number of benzene rings is 3. The topological polar surface area (TPSA) is 219 Å². The maximum Gasteiger partial charge on any atom is 0.324 e. The van der Waals surface area contributed by atoms with Crippen molar-refractivity contribution in [2.45, 2.75) is 130 Å². The number of hydroxylamine groups is 2. The van der Waals surface area contributed by atoms with Crippen molar-refractivity contribution in [1.29, 1.82) is 0 Å². The van der Waals surface area contributed by atoms with E-state index in [0.29, 0.717) is 6.42 Å². The van der Waals surface area contributed by atoms with Gasteiger partial charge in [-0.05, 0) is 93.1 Å². The van der Waals surface area contributed by atoms with E-state index in [4.69, 9.17) is 4.84 Å². The number of amides is 7. The highest BCUT2D eigenvalue weighted by Gasteiger charge is 2.40. The number of nitrogens with zero attached hydrogens (tertiary/aromatic N) is 2. The molecule has 1 aliphatic heterocycles. The summed E-state index contributed by atoms with van der Waals surface area (Å²) in [6, 6.07) is 14.2. The second-order valence-electron chi connectivity index (χ2n) is 19.6. The minimum absolute atomic E-state index is 0.108. The van der Waals surface area contributed by atoms with Gasteiger partial charge in [0.25, 0.3) is 17.7 Å². The summed E-state index contributed by atoms with van der Waals surface area (Å²) in [6.45, 7) is 18.5. The van der Waals surface area contributed by atoms with Crippen LogP contribution in [0, 0.1) is 10.8 Å². The monoisotopic (exact) mass is 928 g/mol. The summed E-state index contributed by atoms with van der Waals surface area (Å²) in [7, 11) is 3.33. The molecule has 0 saturated carbocycles. The molecule has 7 N–H and O–H groups in total. The lowest BCUT2D eigenvalue weighted by Gasteiger charge is -2.36. The Labute approximate surface area is 395 Å². The van der Waals surface area contributed by atoms with Gasteiger partial charge in [-0.1, -0.05) is 97.0 Å². The summed E-state index contributed by atoms with van der Waals surface area (Å²) < 4.78 is 0. The number of likely N-dealkylation sites (N-methyl/N-ethyl adjacent to an activating group) is 2. The summed E-state index contributed by atoms with van der Waals surface area (Å²) in [4.78, 5) is 102. The first-order valence-corrected chi connectivity index (χ1v) is 23.1. The number of fused-ring (bicyclic) bond motifs is 1. The first kappa shape index (κ1) is 53.9. The number of carbonyl (C=O) groups excluding carboxylic acids is 7. The van der Waals surface area contributed by atoms with Crippen LogP contribution < -0.4 is 37.2 Å². The molecule has 1 fully saturated rings. The van der Waals surface area contributed by atoms with E-state index in [0.717, 1.165) is 27.5 Å². The second kappa shape index (κ2) is 23.8. The zero-order valence-electron chi connectivity index (χ0n) is 41.2. The molecule has 0 bridgehead atoms. The predicted octanol–water partition coefficient (Wildman–Crippen LogP) is 4.23. The maximum absolute atomic E-state index is 14.6. The van der Waals surface area contributed by atoms with E-state index in [2.05, 4.69) is 37.2 Å². The third-order valence-corrected chi connectivity index (χ3v) is 12.4. The molecule has 366 valence electrons. The zero-order chi connectivity index (χ0) is 49.8. The number of rotatable bonds is 20. The fourth-order valence-corrected chi connectivity index (χ4v) is 7.60. The number of imide groups is 1. The van der Waals surface area contributed by atoms with Gasteiger partial charge in [-0.25, -0.2) is 4.79 Å². The van der Waals surface area contributed by atoms with Gasteiger partial charge >= 0.3 is 6.03 Å². The van der Waals surface area contributed by atoms with Crippen molar-refractivity contribution < 1.29 is 38.4 Å². The molecule has 0 radical (unpaired) electrons. The molecule has 3 aromatic carbocycles. The molecule has 3 aromatic rings. The van der Waals surface area contributed by atoms with Gasteiger partial charge in [0.15, 0.2) is 0 Å². The van der Waals surface area contributed by atoms with Crippen LogP contribution in [0.2, 0.25) is 0 Å². The highest BCUT2D eigenvalue weighted by atomic mass is 16.7. The zero-order valence-corrected chi connectivity index (χ0v) is 41.2. The molecule has 3 unspecified atom stereocenters. The van der Waals surface area contributed by atoms with Gasteiger partial charge in [0.05, 0.1) is 43.4 Å². The second-order valence-corrected chi connectivity index (χ2v) is 19.6.